The Hall–Kier alpha value is -1.76. The number of thiophene rings is 1. The van der Waals surface area contributed by atoms with E-state index in [2.05, 4.69) is 4.98 Å². The molecule has 0 unspecified atom stereocenters. The van der Waals surface area contributed by atoms with Crippen LogP contribution in [0.25, 0.3) is 0 Å². The number of nitrogens with zero attached hydrogens (tertiary/aromatic N) is 3. The maximum atomic E-state index is 12.6. The molecule has 2 rings (SSSR count). The van der Waals surface area contributed by atoms with Crippen LogP contribution in [0.5, 0.6) is 0 Å². The summed E-state index contributed by atoms with van der Waals surface area (Å²) < 4.78 is 26.0. The number of hydrogen-bond acceptors (Lipinski definition) is 3. The SMILES string of the molecule is CN(Cc1nccn1C(F)F)C(=O)c1cccs1. The molecule has 0 fully saturated rings. The molecule has 0 N–H and O–H groups in total. The standard InChI is InChI=1S/C11H11F2N3OS/c1-15(10(17)8-3-2-6-18-8)7-9-14-4-5-16(9)11(12)13/h2-6,11H,7H2,1H3. The summed E-state index contributed by atoms with van der Waals surface area (Å²) in [6.45, 7) is -2.60. The molecule has 4 nitrogen and oxygen atoms in total. The Morgan fingerprint density at radius 3 is 3.00 bits per heavy atom. The average Bonchev–Trinajstić information content (AvgIpc) is 2.98. The molecule has 0 bridgehead atoms. The van der Waals surface area contributed by atoms with Crippen molar-refractivity contribution < 1.29 is 13.6 Å². The molecule has 18 heavy (non-hydrogen) atoms. The molecule has 96 valence electrons. The summed E-state index contributed by atoms with van der Waals surface area (Å²) in [4.78, 5) is 17.7. The van der Waals surface area contributed by atoms with Gasteiger partial charge in [-0.05, 0) is 11.4 Å². The number of rotatable bonds is 4. The Bertz CT molecular complexity index is 524. The number of amides is 1. The third-order valence-electron chi connectivity index (χ3n) is 2.42. The monoisotopic (exact) mass is 271 g/mol. The minimum atomic E-state index is -2.65. The van der Waals surface area contributed by atoms with Crippen LogP contribution in [-0.4, -0.2) is 27.4 Å². The second kappa shape index (κ2) is 5.26. The van der Waals surface area contributed by atoms with Crippen LogP contribution in [0.1, 0.15) is 22.0 Å². The maximum Gasteiger partial charge on any atom is 0.319 e. The van der Waals surface area contributed by atoms with Gasteiger partial charge in [-0.3, -0.25) is 9.36 Å². The molecule has 0 atom stereocenters. The van der Waals surface area contributed by atoms with E-state index >= 15 is 0 Å². The van der Waals surface area contributed by atoms with Gasteiger partial charge >= 0.3 is 6.55 Å². The van der Waals surface area contributed by atoms with E-state index in [0.29, 0.717) is 4.88 Å². The molecule has 0 aliphatic rings. The van der Waals surface area contributed by atoms with Gasteiger partial charge in [0.15, 0.2) is 0 Å². The van der Waals surface area contributed by atoms with Gasteiger partial charge in [0.2, 0.25) is 0 Å². The van der Waals surface area contributed by atoms with Crippen LogP contribution in [0.3, 0.4) is 0 Å². The molecule has 0 aliphatic carbocycles. The first-order valence-corrected chi connectivity index (χ1v) is 6.06. The number of halogens is 2. The fourth-order valence-electron chi connectivity index (χ4n) is 1.52. The van der Waals surface area contributed by atoms with E-state index < -0.39 is 6.55 Å². The Kier molecular flexibility index (Phi) is 3.71. The third kappa shape index (κ3) is 2.56. The Morgan fingerprint density at radius 2 is 2.39 bits per heavy atom. The first-order valence-electron chi connectivity index (χ1n) is 5.18. The highest BCUT2D eigenvalue weighted by Crippen LogP contribution is 2.16. The van der Waals surface area contributed by atoms with Crippen molar-refractivity contribution in [2.45, 2.75) is 13.1 Å². The zero-order valence-electron chi connectivity index (χ0n) is 9.59. The maximum absolute atomic E-state index is 12.6. The Morgan fingerprint density at radius 1 is 1.61 bits per heavy atom. The molecule has 2 aromatic heterocycles. The predicted molar refractivity (Wildman–Crippen MR) is 63.6 cm³/mol. The molecular weight excluding hydrogens is 260 g/mol. The van der Waals surface area contributed by atoms with Gasteiger partial charge in [0.1, 0.15) is 5.82 Å². The van der Waals surface area contributed by atoms with Crippen molar-refractivity contribution in [1.29, 1.82) is 0 Å². The van der Waals surface area contributed by atoms with Gasteiger partial charge in [0.05, 0.1) is 11.4 Å². The van der Waals surface area contributed by atoms with E-state index in [-0.39, 0.29) is 18.3 Å². The van der Waals surface area contributed by atoms with E-state index in [1.54, 1.807) is 24.6 Å². The molecule has 0 aromatic carbocycles. The number of carbonyl (C=O) groups excluding carboxylic acids is 1. The number of hydrogen-bond donors (Lipinski definition) is 0. The van der Waals surface area contributed by atoms with Crippen LogP contribution in [0, 0.1) is 0 Å². The summed E-state index contributed by atoms with van der Waals surface area (Å²) in [5.41, 5.74) is 0. The highest BCUT2D eigenvalue weighted by Gasteiger charge is 2.17. The first kappa shape index (κ1) is 12.7. The zero-order chi connectivity index (χ0) is 13.1. The number of imidazole rings is 1. The van der Waals surface area contributed by atoms with Crippen LogP contribution in [0.4, 0.5) is 8.78 Å². The zero-order valence-corrected chi connectivity index (χ0v) is 10.4. The van der Waals surface area contributed by atoms with Gasteiger partial charge in [-0.2, -0.15) is 8.78 Å². The molecule has 0 radical (unpaired) electrons. The van der Waals surface area contributed by atoms with Crippen molar-refractivity contribution >= 4 is 17.2 Å². The number of aromatic nitrogens is 2. The summed E-state index contributed by atoms with van der Waals surface area (Å²) in [5.74, 6) is -0.0359. The third-order valence-corrected chi connectivity index (χ3v) is 3.27. The van der Waals surface area contributed by atoms with Gasteiger partial charge in [-0.15, -0.1) is 11.3 Å². The first-order chi connectivity index (χ1) is 8.59. The van der Waals surface area contributed by atoms with E-state index in [4.69, 9.17) is 0 Å². The fraction of sp³-hybridized carbons (Fsp3) is 0.273. The minimum Gasteiger partial charge on any atom is -0.334 e. The molecular formula is C11H11F2N3OS. The average molecular weight is 271 g/mol. The van der Waals surface area contributed by atoms with Crippen molar-refractivity contribution in [2.75, 3.05) is 7.05 Å². The van der Waals surface area contributed by atoms with Crippen molar-refractivity contribution in [3.63, 3.8) is 0 Å². The molecule has 2 aromatic rings. The van der Waals surface area contributed by atoms with Crippen LogP contribution >= 0.6 is 11.3 Å². The molecule has 0 aliphatic heterocycles. The van der Waals surface area contributed by atoms with Gasteiger partial charge in [0, 0.05) is 19.4 Å². The normalized spacial score (nSPS) is 10.9. The number of carbonyl (C=O) groups is 1. The van der Waals surface area contributed by atoms with E-state index in [1.165, 1.54) is 28.6 Å². The number of alkyl halides is 2. The molecule has 0 saturated carbocycles. The molecule has 0 spiro atoms. The highest BCUT2D eigenvalue weighted by molar-refractivity contribution is 7.12. The lowest BCUT2D eigenvalue weighted by molar-refractivity contribution is 0.0613. The van der Waals surface area contributed by atoms with E-state index in [9.17, 15) is 13.6 Å². The summed E-state index contributed by atoms with van der Waals surface area (Å²) in [6.07, 6.45) is 2.49. The van der Waals surface area contributed by atoms with Gasteiger partial charge in [-0.25, -0.2) is 4.98 Å². The van der Waals surface area contributed by atoms with Crippen LogP contribution < -0.4 is 0 Å². The van der Waals surface area contributed by atoms with Crippen molar-refractivity contribution in [2.24, 2.45) is 0 Å². The quantitative estimate of drug-likeness (QED) is 0.857. The smallest absolute Gasteiger partial charge is 0.319 e. The van der Waals surface area contributed by atoms with E-state index in [0.717, 1.165) is 4.57 Å². The Balaban J connectivity index is 2.09. The van der Waals surface area contributed by atoms with E-state index in [1.807, 2.05) is 0 Å². The Labute approximate surface area is 106 Å². The van der Waals surface area contributed by atoms with Crippen molar-refractivity contribution in [3.05, 3.63) is 40.6 Å². The largest absolute Gasteiger partial charge is 0.334 e. The molecule has 1 amide bonds. The summed E-state index contributed by atoms with van der Waals surface area (Å²) >= 11 is 1.32. The van der Waals surface area contributed by atoms with Gasteiger partial charge in [-0.1, -0.05) is 6.07 Å². The van der Waals surface area contributed by atoms with Crippen LogP contribution in [-0.2, 0) is 6.54 Å². The molecule has 7 heteroatoms. The van der Waals surface area contributed by atoms with Crippen LogP contribution in [0.2, 0.25) is 0 Å². The lowest BCUT2D eigenvalue weighted by atomic mass is 10.4. The fourth-order valence-corrected chi connectivity index (χ4v) is 2.23. The summed E-state index contributed by atoms with van der Waals surface area (Å²) in [7, 11) is 1.56. The molecule has 0 saturated heterocycles. The minimum absolute atomic E-state index is 0.0497. The predicted octanol–water partition coefficient (Wildman–Crippen LogP) is 2.61. The topological polar surface area (TPSA) is 38.1 Å². The van der Waals surface area contributed by atoms with Gasteiger partial charge < -0.3 is 4.90 Å². The second-order valence-corrected chi connectivity index (χ2v) is 4.61. The second-order valence-electron chi connectivity index (χ2n) is 3.67. The highest BCUT2D eigenvalue weighted by atomic mass is 32.1. The molecule has 2 heterocycles. The lowest BCUT2D eigenvalue weighted by Crippen LogP contribution is -2.27. The van der Waals surface area contributed by atoms with Crippen molar-refractivity contribution in [1.82, 2.24) is 14.5 Å². The van der Waals surface area contributed by atoms with Gasteiger partial charge in [0.25, 0.3) is 5.91 Å². The summed E-state index contributed by atoms with van der Waals surface area (Å²) in [6, 6.07) is 3.47. The van der Waals surface area contributed by atoms with Crippen molar-refractivity contribution in [3.8, 4) is 0 Å². The summed E-state index contributed by atoms with van der Waals surface area (Å²) in [5, 5.41) is 1.79. The van der Waals surface area contributed by atoms with Crippen LogP contribution in [0.15, 0.2) is 29.9 Å². The lowest BCUT2D eigenvalue weighted by Gasteiger charge is -2.16.